The lowest BCUT2D eigenvalue weighted by molar-refractivity contribution is -0.0493. The molecule has 0 radical (unpaired) electrons. The van der Waals surface area contributed by atoms with Gasteiger partial charge in [-0.1, -0.05) is 35.9 Å². The number of hydrogen-bond donors (Lipinski definition) is 2. The third kappa shape index (κ3) is 5.25. The van der Waals surface area contributed by atoms with E-state index in [9.17, 15) is 8.78 Å². The molecule has 0 aliphatic heterocycles. The fraction of sp³-hybridized carbons (Fsp3) is 0.238. The normalized spacial score (nSPS) is 10.9. The molecule has 2 aromatic carbocycles. The SMILES string of the molecule is Cc1ccc(OC(F)F)c(NC(=S)Nc2c(C)nn(Cc3ccccc3Cl)c2C)c1. The zero-order valence-corrected chi connectivity index (χ0v) is 18.2. The topological polar surface area (TPSA) is 51.1 Å². The van der Waals surface area contributed by atoms with Crippen molar-refractivity contribution < 1.29 is 13.5 Å². The third-order valence-electron chi connectivity index (χ3n) is 4.50. The summed E-state index contributed by atoms with van der Waals surface area (Å²) in [4.78, 5) is 0. The highest BCUT2D eigenvalue weighted by Crippen LogP contribution is 2.28. The molecule has 1 heterocycles. The number of alkyl halides is 2. The van der Waals surface area contributed by atoms with Gasteiger partial charge in [0.1, 0.15) is 5.75 Å². The highest BCUT2D eigenvalue weighted by Gasteiger charge is 2.16. The van der Waals surface area contributed by atoms with Crippen molar-refractivity contribution >= 4 is 40.3 Å². The van der Waals surface area contributed by atoms with Crippen LogP contribution in [0.1, 0.15) is 22.5 Å². The highest BCUT2D eigenvalue weighted by atomic mass is 35.5. The number of ether oxygens (including phenoxy) is 1. The standard InChI is InChI=1S/C21H21ClF2N4OS/c1-12-8-9-18(29-20(23)24)17(10-12)25-21(30)26-19-13(2)27-28(14(19)3)11-15-6-4-5-7-16(15)22/h4-10,20H,11H2,1-3H3,(H2,25,26,30). The van der Waals surface area contributed by atoms with Crippen LogP contribution in [0.3, 0.4) is 0 Å². The molecule has 0 saturated carbocycles. The Balaban J connectivity index is 1.77. The minimum atomic E-state index is -2.93. The molecule has 1 aromatic heterocycles. The second-order valence-electron chi connectivity index (χ2n) is 6.75. The number of benzene rings is 2. The Bertz CT molecular complexity index is 1070. The lowest BCUT2D eigenvalue weighted by atomic mass is 10.2. The van der Waals surface area contributed by atoms with Crippen LogP contribution in [-0.4, -0.2) is 21.5 Å². The Morgan fingerprint density at radius 2 is 1.90 bits per heavy atom. The van der Waals surface area contributed by atoms with Crippen molar-refractivity contribution in [3.8, 4) is 5.75 Å². The molecular weight excluding hydrogens is 430 g/mol. The van der Waals surface area contributed by atoms with E-state index in [1.807, 2.05) is 49.7 Å². The number of aromatic nitrogens is 2. The number of thiocarbonyl (C=S) groups is 1. The summed E-state index contributed by atoms with van der Waals surface area (Å²) in [6, 6.07) is 12.4. The molecule has 3 aromatic rings. The summed E-state index contributed by atoms with van der Waals surface area (Å²) >= 11 is 11.6. The fourth-order valence-electron chi connectivity index (χ4n) is 3.03. The fourth-order valence-corrected chi connectivity index (χ4v) is 3.43. The van der Waals surface area contributed by atoms with Crippen molar-refractivity contribution in [3.05, 3.63) is 70.0 Å². The van der Waals surface area contributed by atoms with Gasteiger partial charge < -0.3 is 15.4 Å². The van der Waals surface area contributed by atoms with Gasteiger partial charge in [0.05, 0.1) is 29.3 Å². The molecule has 0 spiro atoms. The van der Waals surface area contributed by atoms with Gasteiger partial charge in [-0.3, -0.25) is 4.68 Å². The number of nitrogens with zero attached hydrogens (tertiary/aromatic N) is 2. The lowest BCUT2D eigenvalue weighted by Crippen LogP contribution is -2.21. The van der Waals surface area contributed by atoms with Gasteiger partial charge in [0.2, 0.25) is 0 Å². The summed E-state index contributed by atoms with van der Waals surface area (Å²) in [6.07, 6.45) is 0. The van der Waals surface area contributed by atoms with E-state index in [-0.39, 0.29) is 10.9 Å². The first kappa shape index (κ1) is 22.0. The maximum absolute atomic E-state index is 12.7. The number of halogens is 3. The van der Waals surface area contributed by atoms with E-state index in [1.54, 1.807) is 12.1 Å². The number of hydrogen-bond acceptors (Lipinski definition) is 3. The van der Waals surface area contributed by atoms with Crippen molar-refractivity contribution in [2.45, 2.75) is 33.9 Å². The first-order chi connectivity index (χ1) is 14.2. The van der Waals surface area contributed by atoms with Crippen molar-refractivity contribution in [2.24, 2.45) is 0 Å². The predicted molar refractivity (Wildman–Crippen MR) is 120 cm³/mol. The molecule has 0 bridgehead atoms. The first-order valence-electron chi connectivity index (χ1n) is 9.15. The Kier molecular flexibility index (Phi) is 6.89. The molecule has 30 heavy (non-hydrogen) atoms. The average molecular weight is 451 g/mol. The molecule has 158 valence electrons. The summed E-state index contributed by atoms with van der Waals surface area (Å²) in [5.74, 6) is 0.0163. The average Bonchev–Trinajstić information content (AvgIpc) is 2.93. The second-order valence-corrected chi connectivity index (χ2v) is 7.57. The molecule has 0 atom stereocenters. The van der Waals surface area contributed by atoms with Crippen LogP contribution in [0.2, 0.25) is 5.02 Å². The Hall–Kier alpha value is -2.71. The van der Waals surface area contributed by atoms with Crippen molar-refractivity contribution in [1.82, 2.24) is 9.78 Å². The number of nitrogens with one attached hydrogen (secondary N) is 2. The quantitative estimate of drug-likeness (QED) is 0.456. The predicted octanol–water partition coefficient (Wildman–Crippen LogP) is 5.92. The smallest absolute Gasteiger partial charge is 0.387 e. The van der Waals surface area contributed by atoms with E-state index >= 15 is 0 Å². The minimum absolute atomic E-state index is 0.0163. The Morgan fingerprint density at radius 1 is 1.17 bits per heavy atom. The summed E-state index contributed by atoms with van der Waals surface area (Å²) in [7, 11) is 0. The minimum Gasteiger partial charge on any atom is -0.433 e. The molecule has 0 aliphatic carbocycles. The molecule has 0 unspecified atom stereocenters. The van der Waals surface area contributed by atoms with E-state index in [0.29, 0.717) is 17.3 Å². The first-order valence-corrected chi connectivity index (χ1v) is 9.94. The van der Waals surface area contributed by atoms with E-state index < -0.39 is 6.61 Å². The maximum Gasteiger partial charge on any atom is 0.387 e. The van der Waals surface area contributed by atoms with E-state index in [0.717, 1.165) is 28.2 Å². The lowest BCUT2D eigenvalue weighted by Gasteiger charge is -2.15. The van der Waals surface area contributed by atoms with Crippen LogP contribution in [0.5, 0.6) is 5.75 Å². The van der Waals surface area contributed by atoms with Gasteiger partial charge in [-0.15, -0.1) is 0 Å². The van der Waals surface area contributed by atoms with Crippen LogP contribution >= 0.6 is 23.8 Å². The molecule has 2 N–H and O–H groups in total. The van der Waals surface area contributed by atoms with Crippen LogP contribution in [0.15, 0.2) is 42.5 Å². The van der Waals surface area contributed by atoms with Crippen molar-refractivity contribution in [1.29, 1.82) is 0 Å². The molecule has 5 nitrogen and oxygen atoms in total. The van der Waals surface area contributed by atoms with Crippen LogP contribution < -0.4 is 15.4 Å². The second kappa shape index (κ2) is 9.40. The summed E-state index contributed by atoms with van der Waals surface area (Å²) in [5.41, 5.74) is 4.53. The Morgan fingerprint density at radius 3 is 2.60 bits per heavy atom. The molecule has 9 heteroatoms. The highest BCUT2D eigenvalue weighted by molar-refractivity contribution is 7.80. The molecule has 0 amide bonds. The molecule has 0 saturated heterocycles. The van der Waals surface area contributed by atoms with E-state index in [2.05, 4.69) is 20.5 Å². The third-order valence-corrected chi connectivity index (χ3v) is 5.07. The summed E-state index contributed by atoms with van der Waals surface area (Å²) in [6.45, 7) is 3.21. The van der Waals surface area contributed by atoms with Crippen molar-refractivity contribution in [2.75, 3.05) is 10.6 Å². The van der Waals surface area contributed by atoms with E-state index in [4.69, 9.17) is 23.8 Å². The van der Waals surface area contributed by atoms with Crippen LogP contribution in [0, 0.1) is 20.8 Å². The number of anilines is 2. The number of aryl methyl sites for hydroxylation is 2. The molecular formula is C21H21ClF2N4OS. The molecule has 0 aliphatic rings. The largest absolute Gasteiger partial charge is 0.433 e. The van der Waals surface area contributed by atoms with Gasteiger partial charge in [-0.2, -0.15) is 13.9 Å². The van der Waals surface area contributed by atoms with E-state index in [1.165, 1.54) is 6.07 Å². The van der Waals surface area contributed by atoms with Gasteiger partial charge in [0.15, 0.2) is 5.11 Å². The zero-order chi connectivity index (χ0) is 21.8. The van der Waals surface area contributed by atoms with Gasteiger partial charge in [-0.05, 0) is 62.3 Å². The summed E-state index contributed by atoms with van der Waals surface area (Å²) in [5, 5.41) is 11.5. The van der Waals surface area contributed by atoms with Crippen LogP contribution in [-0.2, 0) is 6.54 Å². The number of rotatable bonds is 6. The van der Waals surface area contributed by atoms with Crippen LogP contribution in [0.25, 0.3) is 0 Å². The summed E-state index contributed by atoms with van der Waals surface area (Å²) < 4.78 is 31.8. The van der Waals surface area contributed by atoms with Gasteiger partial charge in [0.25, 0.3) is 0 Å². The van der Waals surface area contributed by atoms with Gasteiger partial charge in [-0.25, -0.2) is 0 Å². The Labute approximate surface area is 184 Å². The van der Waals surface area contributed by atoms with Crippen molar-refractivity contribution in [3.63, 3.8) is 0 Å². The van der Waals surface area contributed by atoms with Crippen LogP contribution in [0.4, 0.5) is 20.2 Å². The monoisotopic (exact) mass is 450 g/mol. The molecule has 0 fully saturated rings. The molecule has 3 rings (SSSR count). The van der Waals surface area contributed by atoms with Gasteiger partial charge >= 0.3 is 6.61 Å². The van der Waals surface area contributed by atoms with Gasteiger partial charge in [0, 0.05) is 5.02 Å². The maximum atomic E-state index is 12.7. The zero-order valence-electron chi connectivity index (χ0n) is 16.7.